The van der Waals surface area contributed by atoms with Gasteiger partial charge >= 0.3 is 0 Å². The Bertz CT molecular complexity index is 953. The molecule has 9 heteroatoms. The molecule has 5 aliphatic heterocycles. The van der Waals surface area contributed by atoms with E-state index < -0.39 is 0 Å². The molecule has 8 N–H and O–H groups in total. The molecule has 8 nitrogen and oxygen atoms in total. The van der Waals surface area contributed by atoms with Gasteiger partial charge in [0.15, 0.2) is 0 Å². The summed E-state index contributed by atoms with van der Waals surface area (Å²) < 4.78 is 0.749. The molecule has 230 valence electrons. The standard InChI is InChI=1S/C32H55IN8/c33-23-15-7-14-22-24(23)32-40-30-21-13-6-5-12-20(21)28(38-30)36-26-17-9-2-1-8-16(17)25(34-26)35-27-18-10-3-4-11-19(18)29(37-27)39-31(22)41-32/h16-32,34-41H,1-15H2. The highest BCUT2D eigenvalue weighted by molar-refractivity contribution is 14.1. The molecular weight excluding hydrogens is 623 g/mol. The molecule has 9 aliphatic rings. The smallest absolute Gasteiger partial charge is 0.0638 e. The zero-order valence-corrected chi connectivity index (χ0v) is 27.0. The van der Waals surface area contributed by atoms with E-state index in [1.165, 1.54) is 96.3 Å². The van der Waals surface area contributed by atoms with Crippen LogP contribution in [-0.2, 0) is 0 Å². The lowest BCUT2D eigenvalue weighted by Gasteiger charge is -2.37. The van der Waals surface area contributed by atoms with Crippen LogP contribution in [0.5, 0.6) is 0 Å². The number of hydrogen-bond acceptors (Lipinski definition) is 8. The van der Waals surface area contributed by atoms with Crippen LogP contribution in [0.25, 0.3) is 0 Å². The van der Waals surface area contributed by atoms with E-state index in [4.69, 9.17) is 0 Å². The van der Waals surface area contributed by atoms with Crippen LogP contribution in [0.3, 0.4) is 0 Å². The summed E-state index contributed by atoms with van der Waals surface area (Å²) in [5.74, 6) is 5.85. The third-order valence-corrected chi connectivity index (χ3v) is 15.3. The fraction of sp³-hybridized carbons (Fsp3) is 1.00. The number of halogens is 1. The van der Waals surface area contributed by atoms with Crippen LogP contribution in [0.15, 0.2) is 0 Å². The van der Waals surface area contributed by atoms with Crippen molar-refractivity contribution in [2.75, 3.05) is 0 Å². The fourth-order valence-corrected chi connectivity index (χ4v) is 13.4. The van der Waals surface area contributed by atoms with Crippen molar-refractivity contribution in [2.24, 2.45) is 47.3 Å². The highest BCUT2D eigenvalue weighted by Crippen LogP contribution is 2.46. The SMILES string of the molecule is IC1CCCC2C3NC4NC(NC5NC(NC6NC(NC(N3)C12)C1CCCCC61)C1CCCCC51)C1CCCCC41. The predicted molar refractivity (Wildman–Crippen MR) is 170 cm³/mol. The molecule has 17 atom stereocenters. The topological polar surface area (TPSA) is 96.2 Å². The monoisotopic (exact) mass is 678 g/mol. The van der Waals surface area contributed by atoms with Gasteiger partial charge < -0.3 is 0 Å². The summed E-state index contributed by atoms with van der Waals surface area (Å²) in [7, 11) is 0. The highest BCUT2D eigenvalue weighted by Gasteiger charge is 2.55. The molecule has 0 aromatic heterocycles. The van der Waals surface area contributed by atoms with Crippen LogP contribution >= 0.6 is 22.6 Å². The first-order valence-electron chi connectivity index (χ1n) is 17.9. The Kier molecular flexibility index (Phi) is 7.66. The molecule has 0 amide bonds. The first-order chi connectivity index (χ1) is 20.2. The molecule has 0 radical (unpaired) electrons. The Morgan fingerprint density at radius 1 is 0.293 bits per heavy atom. The molecule has 17 unspecified atom stereocenters. The van der Waals surface area contributed by atoms with Gasteiger partial charge in [0.2, 0.25) is 0 Å². The first kappa shape index (κ1) is 27.7. The van der Waals surface area contributed by atoms with Gasteiger partial charge in [0.25, 0.3) is 0 Å². The van der Waals surface area contributed by atoms with Crippen molar-refractivity contribution in [1.82, 2.24) is 42.5 Å². The second kappa shape index (κ2) is 11.3. The second-order valence-corrected chi connectivity index (χ2v) is 17.3. The summed E-state index contributed by atoms with van der Waals surface area (Å²) in [5.41, 5.74) is 0. The maximum absolute atomic E-state index is 4.29. The van der Waals surface area contributed by atoms with E-state index in [1.54, 1.807) is 0 Å². The van der Waals surface area contributed by atoms with E-state index in [2.05, 4.69) is 65.1 Å². The maximum atomic E-state index is 4.29. The van der Waals surface area contributed by atoms with E-state index in [0.717, 1.165) is 39.4 Å². The zero-order valence-electron chi connectivity index (χ0n) is 24.8. The van der Waals surface area contributed by atoms with Crippen LogP contribution in [-0.4, -0.2) is 53.3 Å². The van der Waals surface area contributed by atoms with Gasteiger partial charge in [-0.1, -0.05) is 67.5 Å². The van der Waals surface area contributed by atoms with Gasteiger partial charge in [0.05, 0.1) is 49.3 Å². The Morgan fingerprint density at radius 3 is 0.902 bits per heavy atom. The van der Waals surface area contributed by atoms with Crippen LogP contribution < -0.4 is 42.5 Å². The molecule has 9 fully saturated rings. The van der Waals surface area contributed by atoms with E-state index in [0.29, 0.717) is 61.2 Å². The predicted octanol–water partition coefficient (Wildman–Crippen LogP) is 3.02. The molecule has 0 aromatic carbocycles. The zero-order chi connectivity index (χ0) is 27.1. The number of fused-ring (bicyclic) bond motifs is 20. The highest BCUT2D eigenvalue weighted by atomic mass is 127. The van der Waals surface area contributed by atoms with E-state index >= 15 is 0 Å². The van der Waals surface area contributed by atoms with Crippen molar-refractivity contribution < 1.29 is 0 Å². The van der Waals surface area contributed by atoms with E-state index in [1.807, 2.05) is 0 Å². The van der Waals surface area contributed by atoms with Crippen LogP contribution in [0.2, 0.25) is 0 Å². The second-order valence-electron chi connectivity index (χ2n) is 15.7. The minimum Gasteiger partial charge on any atom is -0.286 e. The lowest BCUT2D eigenvalue weighted by Crippen LogP contribution is -2.61. The van der Waals surface area contributed by atoms with E-state index in [9.17, 15) is 0 Å². The Hall–Kier alpha value is 0.410. The lowest BCUT2D eigenvalue weighted by atomic mass is 9.76. The van der Waals surface area contributed by atoms with Crippen molar-refractivity contribution in [3.63, 3.8) is 0 Å². The van der Waals surface area contributed by atoms with E-state index in [-0.39, 0.29) is 0 Å². The molecule has 41 heavy (non-hydrogen) atoms. The number of nitrogens with one attached hydrogen (secondary N) is 8. The average molecular weight is 679 g/mol. The molecule has 9 rings (SSSR count). The van der Waals surface area contributed by atoms with Gasteiger partial charge in [0.1, 0.15) is 0 Å². The summed E-state index contributed by atoms with van der Waals surface area (Å²) in [6.45, 7) is 0. The lowest BCUT2D eigenvalue weighted by molar-refractivity contribution is 0.170. The molecule has 0 aromatic rings. The minimum atomic E-state index is 0.389. The van der Waals surface area contributed by atoms with Crippen molar-refractivity contribution >= 4 is 22.6 Å². The molecule has 0 spiro atoms. The molecule has 8 bridgehead atoms. The number of hydrogen-bond donors (Lipinski definition) is 8. The van der Waals surface area contributed by atoms with Crippen LogP contribution in [0, 0.1) is 47.3 Å². The molecule has 4 aliphatic carbocycles. The van der Waals surface area contributed by atoms with Crippen LogP contribution in [0.4, 0.5) is 0 Å². The summed E-state index contributed by atoms with van der Waals surface area (Å²) in [4.78, 5) is 0. The minimum absolute atomic E-state index is 0.389. The molecule has 5 heterocycles. The van der Waals surface area contributed by atoms with Crippen molar-refractivity contribution in [1.29, 1.82) is 0 Å². The quantitative estimate of drug-likeness (QED) is 0.147. The number of rotatable bonds is 0. The Morgan fingerprint density at radius 2 is 0.561 bits per heavy atom. The maximum Gasteiger partial charge on any atom is 0.0638 e. The summed E-state index contributed by atoms with van der Waals surface area (Å²) in [6.07, 6.45) is 24.0. The molecule has 4 saturated carbocycles. The van der Waals surface area contributed by atoms with Crippen LogP contribution in [0.1, 0.15) is 96.3 Å². The Balaban J connectivity index is 1.06. The van der Waals surface area contributed by atoms with Gasteiger partial charge in [-0.05, 0) is 92.8 Å². The third-order valence-electron chi connectivity index (χ3n) is 13.8. The largest absolute Gasteiger partial charge is 0.286 e. The number of alkyl halides is 1. The van der Waals surface area contributed by atoms with Crippen molar-refractivity contribution in [3.8, 4) is 0 Å². The summed E-state index contributed by atoms with van der Waals surface area (Å²) in [6, 6.07) is 0. The van der Waals surface area contributed by atoms with Crippen molar-refractivity contribution in [2.45, 2.75) is 150 Å². The normalized spacial score (nSPS) is 58.3. The third kappa shape index (κ3) is 4.80. The fourth-order valence-electron chi connectivity index (χ4n) is 12.0. The first-order valence-corrected chi connectivity index (χ1v) is 19.2. The van der Waals surface area contributed by atoms with Gasteiger partial charge in [-0.2, -0.15) is 0 Å². The van der Waals surface area contributed by atoms with Gasteiger partial charge in [-0.25, -0.2) is 0 Å². The summed E-state index contributed by atoms with van der Waals surface area (Å²) >= 11 is 2.81. The summed E-state index contributed by atoms with van der Waals surface area (Å²) in [5, 5.41) is 33.9. The van der Waals surface area contributed by atoms with Gasteiger partial charge in [-0.3, -0.25) is 42.5 Å². The molecular formula is C32H55IN8. The van der Waals surface area contributed by atoms with Gasteiger partial charge in [-0.15, -0.1) is 0 Å². The average Bonchev–Trinajstić information content (AvgIpc) is 3.73. The van der Waals surface area contributed by atoms with Gasteiger partial charge in [0, 0.05) is 9.84 Å². The van der Waals surface area contributed by atoms with Crippen molar-refractivity contribution in [3.05, 3.63) is 0 Å². The Labute approximate surface area is 261 Å². The molecule has 5 saturated heterocycles.